The van der Waals surface area contributed by atoms with Gasteiger partial charge in [0, 0.05) is 11.8 Å². The highest BCUT2D eigenvalue weighted by molar-refractivity contribution is 6.75. The van der Waals surface area contributed by atoms with E-state index in [-0.39, 0.29) is 21.9 Å². The summed E-state index contributed by atoms with van der Waals surface area (Å²) < 4.78 is 21.2. The Bertz CT molecular complexity index is 1140. The lowest BCUT2D eigenvalue weighted by molar-refractivity contribution is -0.237. The van der Waals surface area contributed by atoms with E-state index in [1.54, 1.807) is 0 Å². The van der Waals surface area contributed by atoms with Gasteiger partial charge >= 0.3 is 0 Å². The predicted octanol–water partition coefficient (Wildman–Crippen LogP) is 8.49. The molecule has 9 atom stereocenters. The Balaban J connectivity index is 1.43. The summed E-state index contributed by atoms with van der Waals surface area (Å²) >= 11 is 0. The molecular formula is C34H58O5Si2. The Kier molecular flexibility index (Phi) is 6.49. The van der Waals surface area contributed by atoms with E-state index in [1.165, 1.54) is 32.1 Å². The zero-order valence-electron chi connectivity index (χ0n) is 28.2. The van der Waals surface area contributed by atoms with Crippen LogP contribution in [0.25, 0.3) is 0 Å². The molecule has 4 saturated carbocycles. The van der Waals surface area contributed by atoms with Gasteiger partial charge in [0.05, 0.1) is 0 Å². The molecule has 41 heavy (non-hydrogen) atoms. The molecule has 2 aliphatic heterocycles. The molecule has 6 fully saturated rings. The minimum Gasteiger partial charge on any atom is -0.384 e. The fourth-order valence-electron chi connectivity index (χ4n) is 10.1. The van der Waals surface area contributed by atoms with E-state index in [9.17, 15) is 9.59 Å². The highest BCUT2D eigenvalue weighted by Crippen LogP contribution is 2.74. The SMILES string of the molecule is CC1([C@H]2CC[C@H]3[C@@H]4CCC5[C@H]([C@H]4CC[C@]23C)C2(O[Si](C)(C)C(C)(C)C)OC5(O[Si](C)(C)C(C)(C)C)C(=O)C2=O)CC1. The van der Waals surface area contributed by atoms with E-state index in [4.69, 9.17) is 13.6 Å². The van der Waals surface area contributed by atoms with Gasteiger partial charge in [-0.05, 0) is 122 Å². The fourth-order valence-corrected chi connectivity index (χ4v) is 12.8. The summed E-state index contributed by atoms with van der Waals surface area (Å²) in [4.78, 5) is 28.6. The molecule has 2 bridgehead atoms. The molecule has 0 spiro atoms. The van der Waals surface area contributed by atoms with Gasteiger partial charge in [-0.25, -0.2) is 0 Å². The largest absolute Gasteiger partial charge is 0.384 e. The molecule has 5 nitrogen and oxygen atoms in total. The van der Waals surface area contributed by atoms with Crippen LogP contribution in [-0.4, -0.2) is 39.8 Å². The number of hydrogen-bond acceptors (Lipinski definition) is 5. The second-order valence-corrected chi connectivity index (χ2v) is 28.2. The fraction of sp³-hybridized carbons (Fsp3) is 0.941. The molecule has 0 aromatic heterocycles. The number of ketones is 2. The lowest BCUT2D eigenvalue weighted by atomic mass is 9.48. The number of rotatable bonds is 5. The second kappa shape index (κ2) is 8.67. The summed E-state index contributed by atoms with van der Waals surface area (Å²) in [6.45, 7) is 27.1. The van der Waals surface area contributed by atoms with Crippen LogP contribution in [0, 0.1) is 46.3 Å². The summed E-state index contributed by atoms with van der Waals surface area (Å²) in [5.74, 6) is -1.71. The minimum absolute atomic E-state index is 0.106. The zero-order chi connectivity index (χ0) is 30.4. The second-order valence-electron chi connectivity index (χ2n) is 18.8. The topological polar surface area (TPSA) is 61.8 Å². The predicted molar refractivity (Wildman–Crippen MR) is 167 cm³/mol. The van der Waals surface area contributed by atoms with E-state index < -0.39 is 39.8 Å². The Labute approximate surface area is 251 Å². The number of carbonyl (C=O) groups excluding carboxylic acids is 2. The first-order valence-electron chi connectivity index (χ1n) is 16.8. The maximum Gasteiger partial charge on any atom is 0.262 e. The smallest absolute Gasteiger partial charge is 0.262 e. The first-order valence-corrected chi connectivity index (χ1v) is 22.6. The van der Waals surface area contributed by atoms with E-state index in [0.717, 1.165) is 25.2 Å². The number of ether oxygens (including phenoxy) is 1. The van der Waals surface area contributed by atoms with Crippen molar-refractivity contribution in [2.24, 2.45) is 46.3 Å². The van der Waals surface area contributed by atoms with Crippen molar-refractivity contribution in [3.63, 3.8) is 0 Å². The zero-order valence-corrected chi connectivity index (χ0v) is 30.2. The van der Waals surface area contributed by atoms with Gasteiger partial charge in [0.1, 0.15) is 0 Å². The van der Waals surface area contributed by atoms with Crippen LogP contribution >= 0.6 is 0 Å². The van der Waals surface area contributed by atoms with Gasteiger partial charge in [-0.15, -0.1) is 0 Å². The average Bonchev–Trinajstić information content (AvgIpc) is 3.28. The molecule has 232 valence electrons. The normalized spacial score (nSPS) is 45.5. The minimum atomic E-state index is -2.48. The number of carbonyl (C=O) groups is 2. The summed E-state index contributed by atoms with van der Waals surface area (Å²) in [6, 6.07) is 0. The number of fused-ring (bicyclic) bond motifs is 9. The molecule has 2 heterocycles. The van der Waals surface area contributed by atoms with Crippen LogP contribution in [0.15, 0.2) is 0 Å². The maximum atomic E-state index is 14.4. The quantitative estimate of drug-likeness (QED) is 0.233. The third-order valence-electron chi connectivity index (χ3n) is 14.6. The van der Waals surface area contributed by atoms with Crippen molar-refractivity contribution in [3.05, 3.63) is 0 Å². The Morgan fingerprint density at radius 3 is 1.73 bits per heavy atom. The van der Waals surface area contributed by atoms with Gasteiger partial charge in [0.25, 0.3) is 11.6 Å². The lowest BCUT2D eigenvalue weighted by Crippen LogP contribution is -2.65. The van der Waals surface area contributed by atoms with Crippen LogP contribution in [0.5, 0.6) is 0 Å². The summed E-state index contributed by atoms with van der Waals surface area (Å²) in [5.41, 5.74) is 0.930. The maximum absolute atomic E-state index is 14.4. The number of hydrogen-bond donors (Lipinski definition) is 0. The van der Waals surface area contributed by atoms with Crippen LogP contribution in [-0.2, 0) is 23.2 Å². The van der Waals surface area contributed by atoms with E-state index in [1.807, 2.05) is 0 Å². The molecule has 0 aromatic carbocycles. The highest BCUT2D eigenvalue weighted by Gasteiger charge is 2.83. The van der Waals surface area contributed by atoms with Crippen molar-refractivity contribution in [1.29, 1.82) is 0 Å². The first kappa shape index (κ1) is 30.7. The summed E-state index contributed by atoms with van der Waals surface area (Å²) in [7, 11) is -4.94. The van der Waals surface area contributed by atoms with Crippen LogP contribution in [0.1, 0.15) is 107 Å². The Hall–Kier alpha value is -0.346. The van der Waals surface area contributed by atoms with Gasteiger partial charge in [-0.2, -0.15) is 0 Å². The van der Waals surface area contributed by atoms with E-state index >= 15 is 0 Å². The van der Waals surface area contributed by atoms with Crippen molar-refractivity contribution in [1.82, 2.24) is 0 Å². The lowest BCUT2D eigenvalue weighted by Gasteiger charge is -2.57. The molecular weight excluding hydrogens is 545 g/mol. The summed E-state index contributed by atoms with van der Waals surface area (Å²) in [5, 5.41) is -0.227. The van der Waals surface area contributed by atoms with Crippen molar-refractivity contribution >= 4 is 28.2 Å². The van der Waals surface area contributed by atoms with Crippen molar-refractivity contribution in [2.75, 3.05) is 0 Å². The average molecular weight is 603 g/mol. The molecule has 0 amide bonds. The molecule has 2 saturated heterocycles. The van der Waals surface area contributed by atoms with Crippen LogP contribution in [0.3, 0.4) is 0 Å². The molecule has 7 heteroatoms. The highest BCUT2D eigenvalue weighted by atomic mass is 28.4. The van der Waals surface area contributed by atoms with E-state index in [2.05, 4.69) is 81.6 Å². The van der Waals surface area contributed by atoms with Crippen molar-refractivity contribution in [2.45, 2.75) is 155 Å². The standard InChI is InChI=1S/C34H58O5Si2/c1-29(2,3)40(9,10)38-33-24-14-13-21-22(17-18-32(8)23(21)15-16-25(32)31(7)19-20-31)26(24)34(37-33,28(36)27(33)35)39-41(11,12)30(4,5)6/h21-26H,13-20H2,1-12H3/t21-,22+,23+,24?,25-,26+,32+,33?,34?/m1/s1. The van der Waals surface area contributed by atoms with Gasteiger partial charge in [-0.3, -0.25) is 9.59 Å². The van der Waals surface area contributed by atoms with Crippen molar-refractivity contribution in [3.8, 4) is 0 Å². The molecule has 6 aliphatic rings. The van der Waals surface area contributed by atoms with E-state index in [0.29, 0.717) is 28.6 Å². The van der Waals surface area contributed by atoms with Gasteiger partial charge in [0.2, 0.25) is 11.6 Å². The van der Waals surface area contributed by atoms with Crippen LogP contribution < -0.4 is 0 Å². The molecule has 0 radical (unpaired) electrons. The summed E-state index contributed by atoms with van der Waals surface area (Å²) in [6.07, 6.45) is 9.76. The molecule has 0 N–H and O–H groups in total. The van der Waals surface area contributed by atoms with Gasteiger partial charge in [0.15, 0.2) is 16.6 Å². The molecule has 6 rings (SSSR count). The third-order valence-corrected chi connectivity index (χ3v) is 23.4. The van der Waals surface area contributed by atoms with Crippen LogP contribution in [0.2, 0.25) is 36.3 Å². The first-order chi connectivity index (χ1) is 18.6. The van der Waals surface area contributed by atoms with Crippen molar-refractivity contribution < 1.29 is 23.2 Å². The monoisotopic (exact) mass is 602 g/mol. The molecule has 4 aliphatic carbocycles. The Morgan fingerprint density at radius 2 is 1.20 bits per heavy atom. The van der Waals surface area contributed by atoms with Gasteiger partial charge < -0.3 is 13.6 Å². The van der Waals surface area contributed by atoms with Crippen LogP contribution in [0.4, 0.5) is 0 Å². The molecule has 3 unspecified atom stereocenters. The number of Topliss-reactive ketones (excluding diaryl/α,β-unsaturated/α-hetero) is 2. The molecule has 0 aromatic rings. The van der Waals surface area contributed by atoms with Gasteiger partial charge in [-0.1, -0.05) is 55.4 Å². The Morgan fingerprint density at radius 1 is 0.683 bits per heavy atom. The third kappa shape index (κ3) is 3.99.